The molecule has 1 aliphatic rings. The van der Waals surface area contributed by atoms with E-state index in [0.29, 0.717) is 17.7 Å². The van der Waals surface area contributed by atoms with Gasteiger partial charge in [0.05, 0.1) is 12.6 Å². The molecule has 0 amide bonds. The smallest absolute Gasteiger partial charge is 0.159 e. The van der Waals surface area contributed by atoms with Crippen molar-refractivity contribution >= 4 is 0 Å². The average Bonchev–Trinajstić information content (AvgIpc) is 2.50. The Bertz CT molecular complexity index is 686. The van der Waals surface area contributed by atoms with Crippen LogP contribution in [0.3, 0.4) is 0 Å². The van der Waals surface area contributed by atoms with Gasteiger partial charge in [0.1, 0.15) is 5.75 Å². The Kier molecular flexibility index (Phi) is 3.41. The molecular weight excluding hydrogens is 272 g/mol. The van der Waals surface area contributed by atoms with Crippen molar-refractivity contribution in [2.24, 2.45) is 5.73 Å². The van der Waals surface area contributed by atoms with E-state index in [1.54, 1.807) is 13.2 Å². The van der Waals surface area contributed by atoms with Gasteiger partial charge in [0.2, 0.25) is 0 Å². The largest absolute Gasteiger partial charge is 0.497 e. The highest BCUT2D eigenvalue weighted by atomic mass is 19.2. The lowest BCUT2D eigenvalue weighted by Crippen LogP contribution is -2.41. The minimum Gasteiger partial charge on any atom is -0.497 e. The quantitative estimate of drug-likeness (QED) is 0.918. The summed E-state index contributed by atoms with van der Waals surface area (Å²) in [5, 5.41) is 0. The van der Waals surface area contributed by atoms with Crippen LogP contribution in [0, 0.1) is 11.6 Å². The molecule has 0 saturated heterocycles. The van der Waals surface area contributed by atoms with Crippen LogP contribution >= 0.6 is 0 Å². The summed E-state index contributed by atoms with van der Waals surface area (Å²) < 4.78 is 32.0. The van der Waals surface area contributed by atoms with Crippen LogP contribution in [0.2, 0.25) is 0 Å². The number of ether oxygens (including phenoxy) is 1. The zero-order chi connectivity index (χ0) is 15.0. The van der Waals surface area contributed by atoms with Gasteiger partial charge in [0.15, 0.2) is 11.6 Å². The van der Waals surface area contributed by atoms with Crippen LogP contribution < -0.4 is 10.5 Å². The topological polar surface area (TPSA) is 35.2 Å². The zero-order valence-electron chi connectivity index (χ0n) is 11.8. The number of fused-ring (bicyclic) bond motifs is 1. The second-order valence-electron chi connectivity index (χ2n) is 5.48. The monoisotopic (exact) mass is 289 g/mol. The van der Waals surface area contributed by atoms with Crippen LogP contribution in [0.4, 0.5) is 8.78 Å². The highest BCUT2D eigenvalue weighted by molar-refractivity contribution is 5.48. The van der Waals surface area contributed by atoms with E-state index in [2.05, 4.69) is 0 Å². The Morgan fingerprint density at radius 2 is 1.90 bits per heavy atom. The molecule has 4 heteroatoms. The summed E-state index contributed by atoms with van der Waals surface area (Å²) in [7, 11) is 1.60. The number of hydrogen-bond acceptors (Lipinski definition) is 2. The molecular formula is C17H17F2NO. The fraction of sp³-hybridized carbons (Fsp3) is 0.294. The predicted molar refractivity (Wildman–Crippen MR) is 77.3 cm³/mol. The maximum Gasteiger partial charge on any atom is 0.159 e. The predicted octanol–water partition coefficient (Wildman–Crippen LogP) is 3.51. The van der Waals surface area contributed by atoms with Crippen LogP contribution in [0.1, 0.15) is 29.5 Å². The van der Waals surface area contributed by atoms with E-state index in [1.807, 2.05) is 18.2 Å². The summed E-state index contributed by atoms with van der Waals surface area (Å²) in [6, 6.07) is 9.69. The molecule has 0 bridgehead atoms. The SMILES string of the molecule is COc1ccc2c(c1)C(N)(c1ccc(F)c(F)c1)CCC2. The standard InChI is InChI=1S/C17H17F2NO/c1-21-13-6-4-11-3-2-8-17(20,14(11)10-13)12-5-7-15(18)16(19)9-12/h4-7,9-10H,2-3,8,20H2,1H3. The van der Waals surface area contributed by atoms with E-state index in [9.17, 15) is 8.78 Å². The number of methoxy groups -OCH3 is 1. The first-order valence-electron chi connectivity index (χ1n) is 6.96. The van der Waals surface area contributed by atoms with Crippen LogP contribution in [-0.2, 0) is 12.0 Å². The summed E-state index contributed by atoms with van der Waals surface area (Å²) >= 11 is 0. The lowest BCUT2D eigenvalue weighted by atomic mass is 9.73. The third-order valence-electron chi connectivity index (χ3n) is 4.25. The molecule has 0 spiro atoms. The van der Waals surface area contributed by atoms with Gasteiger partial charge in [-0.1, -0.05) is 12.1 Å². The molecule has 2 N–H and O–H groups in total. The molecule has 0 fully saturated rings. The molecule has 110 valence electrons. The molecule has 0 radical (unpaired) electrons. The molecule has 0 aliphatic heterocycles. The maximum atomic E-state index is 13.6. The number of nitrogens with two attached hydrogens (primary N) is 1. The second-order valence-corrected chi connectivity index (χ2v) is 5.48. The molecule has 2 nitrogen and oxygen atoms in total. The van der Waals surface area contributed by atoms with Crippen molar-refractivity contribution in [3.05, 3.63) is 64.7 Å². The summed E-state index contributed by atoms with van der Waals surface area (Å²) in [4.78, 5) is 0. The summed E-state index contributed by atoms with van der Waals surface area (Å²) in [6.45, 7) is 0. The van der Waals surface area contributed by atoms with Crippen molar-refractivity contribution in [3.8, 4) is 5.75 Å². The van der Waals surface area contributed by atoms with E-state index in [4.69, 9.17) is 10.5 Å². The Balaban J connectivity index is 2.16. The Hall–Kier alpha value is -1.94. The van der Waals surface area contributed by atoms with Gasteiger partial charge in [-0.2, -0.15) is 0 Å². The van der Waals surface area contributed by atoms with Crippen LogP contribution in [0.15, 0.2) is 36.4 Å². The summed E-state index contributed by atoms with van der Waals surface area (Å²) in [5.41, 5.74) is 8.44. The molecule has 1 aliphatic carbocycles. The normalized spacial score (nSPS) is 21.0. The molecule has 1 atom stereocenters. The van der Waals surface area contributed by atoms with Crippen LogP contribution in [0.5, 0.6) is 5.75 Å². The average molecular weight is 289 g/mol. The first-order valence-corrected chi connectivity index (χ1v) is 6.96. The van der Waals surface area contributed by atoms with Gasteiger partial charge in [-0.25, -0.2) is 8.78 Å². The molecule has 2 aromatic rings. The third kappa shape index (κ3) is 2.29. The Labute approximate surface area is 122 Å². The molecule has 21 heavy (non-hydrogen) atoms. The molecule has 2 aromatic carbocycles. The zero-order valence-corrected chi connectivity index (χ0v) is 11.8. The number of rotatable bonds is 2. The summed E-state index contributed by atoms with van der Waals surface area (Å²) in [5.74, 6) is -1.01. The Morgan fingerprint density at radius 1 is 1.10 bits per heavy atom. The molecule has 3 rings (SSSR count). The van der Waals surface area contributed by atoms with Crippen molar-refractivity contribution in [2.45, 2.75) is 24.8 Å². The second kappa shape index (κ2) is 5.11. The van der Waals surface area contributed by atoms with E-state index in [-0.39, 0.29) is 0 Å². The first kappa shape index (κ1) is 14.0. The minimum atomic E-state index is -0.868. The summed E-state index contributed by atoms with van der Waals surface area (Å²) in [6.07, 6.45) is 2.54. The number of benzene rings is 2. The minimum absolute atomic E-state index is 0.593. The van der Waals surface area contributed by atoms with Crippen molar-refractivity contribution in [1.29, 1.82) is 0 Å². The number of hydrogen-bond donors (Lipinski definition) is 1. The van der Waals surface area contributed by atoms with Gasteiger partial charge in [-0.15, -0.1) is 0 Å². The van der Waals surface area contributed by atoms with Crippen molar-refractivity contribution in [3.63, 3.8) is 0 Å². The lowest BCUT2D eigenvalue weighted by molar-refractivity contribution is 0.403. The van der Waals surface area contributed by atoms with E-state index < -0.39 is 17.2 Å². The van der Waals surface area contributed by atoms with E-state index in [0.717, 1.165) is 30.0 Å². The first-order chi connectivity index (χ1) is 10.0. The number of aryl methyl sites for hydroxylation is 1. The van der Waals surface area contributed by atoms with Gasteiger partial charge in [0.25, 0.3) is 0 Å². The highest BCUT2D eigenvalue weighted by Crippen LogP contribution is 2.40. The molecule has 0 aromatic heterocycles. The highest BCUT2D eigenvalue weighted by Gasteiger charge is 2.35. The molecule has 0 heterocycles. The van der Waals surface area contributed by atoms with Gasteiger partial charge in [-0.05, 0) is 60.2 Å². The van der Waals surface area contributed by atoms with Gasteiger partial charge in [-0.3, -0.25) is 0 Å². The molecule has 0 saturated carbocycles. The molecule has 1 unspecified atom stereocenters. The lowest BCUT2D eigenvalue weighted by Gasteiger charge is -2.36. The fourth-order valence-electron chi connectivity index (χ4n) is 3.08. The van der Waals surface area contributed by atoms with Crippen molar-refractivity contribution in [1.82, 2.24) is 0 Å². The van der Waals surface area contributed by atoms with Gasteiger partial charge >= 0.3 is 0 Å². The van der Waals surface area contributed by atoms with Crippen LogP contribution in [0.25, 0.3) is 0 Å². The van der Waals surface area contributed by atoms with Crippen molar-refractivity contribution in [2.75, 3.05) is 7.11 Å². The van der Waals surface area contributed by atoms with Crippen LogP contribution in [-0.4, -0.2) is 7.11 Å². The Morgan fingerprint density at radius 3 is 2.62 bits per heavy atom. The third-order valence-corrected chi connectivity index (χ3v) is 4.25. The van der Waals surface area contributed by atoms with Gasteiger partial charge in [0, 0.05) is 0 Å². The fourth-order valence-corrected chi connectivity index (χ4v) is 3.08. The maximum absolute atomic E-state index is 13.6. The van der Waals surface area contributed by atoms with E-state index in [1.165, 1.54) is 6.07 Å². The number of halogens is 2. The van der Waals surface area contributed by atoms with E-state index >= 15 is 0 Å². The van der Waals surface area contributed by atoms with Gasteiger partial charge < -0.3 is 10.5 Å². The van der Waals surface area contributed by atoms with Crippen molar-refractivity contribution < 1.29 is 13.5 Å².